The summed E-state index contributed by atoms with van der Waals surface area (Å²) in [7, 11) is 3.45. The summed E-state index contributed by atoms with van der Waals surface area (Å²) in [5, 5.41) is 13.3. The van der Waals surface area contributed by atoms with E-state index in [9.17, 15) is 10.1 Å². The van der Waals surface area contributed by atoms with Crippen molar-refractivity contribution in [3.63, 3.8) is 0 Å². The van der Waals surface area contributed by atoms with E-state index in [0.717, 1.165) is 40.6 Å². The number of nitrogens with one attached hydrogen (secondary N) is 2. The highest BCUT2D eigenvalue weighted by Crippen LogP contribution is 2.36. The number of nitriles is 1. The second-order valence-corrected chi connectivity index (χ2v) is 9.10. The van der Waals surface area contributed by atoms with Crippen molar-refractivity contribution in [3.8, 4) is 23.1 Å². The minimum absolute atomic E-state index is 0.0346. The molecule has 10 nitrogen and oxygen atoms in total. The third kappa shape index (κ3) is 5.08. The third-order valence-electron chi connectivity index (χ3n) is 6.26. The Morgan fingerprint density at radius 1 is 1.22 bits per heavy atom. The van der Waals surface area contributed by atoms with E-state index in [2.05, 4.69) is 21.4 Å². The van der Waals surface area contributed by atoms with Gasteiger partial charge in [0.2, 0.25) is 11.8 Å². The third-order valence-corrected chi connectivity index (χ3v) is 6.26. The van der Waals surface area contributed by atoms with E-state index in [4.69, 9.17) is 19.4 Å². The molecular weight excluding hydrogens is 470 g/mol. The number of aromatic amines is 1. The normalized spacial score (nSPS) is 13.8. The molecule has 37 heavy (non-hydrogen) atoms. The Balaban J connectivity index is 1.54. The fourth-order valence-corrected chi connectivity index (χ4v) is 4.30. The van der Waals surface area contributed by atoms with Gasteiger partial charge in [-0.25, -0.2) is 4.98 Å². The zero-order valence-electron chi connectivity index (χ0n) is 20.9. The fraction of sp³-hybridized carbons (Fsp3) is 0.296. The molecule has 0 spiro atoms. The van der Waals surface area contributed by atoms with Gasteiger partial charge in [-0.15, -0.1) is 0 Å². The van der Waals surface area contributed by atoms with Gasteiger partial charge in [0, 0.05) is 56.1 Å². The molecule has 0 unspecified atom stereocenters. The molecule has 188 valence electrons. The Morgan fingerprint density at radius 2 is 2.03 bits per heavy atom. The molecule has 4 heterocycles. The monoisotopic (exact) mass is 497 g/mol. The predicted molar refractivity (Wildman–Crippen MR) is 139 cm³/mol. The number of rotatable bonds is 6. The second-order valence-electron chi connectivity index (χ2n) is 9.10. The van der Waals surface area contributed by atoms with Crippen molar-refractivity contribution in [2.24, 2.45) is 0 Å². The van der Waals surface area contributed by atoms with Crippen LogP contribution in [0.2, 0.25) is 0 Å². The van der Waals surface area contributed by atoms with Crippen molar-refractivity contribution < 1.29 is 14.3 Å². The summed E-state index contributed by atoms with van der Waals surface area (Å²) in [6.45, 7) is 3.20. The lowest BCUT2D eigenvalue weighted by Crippen LogP contribution is -2.26. The molecule has 10 heteroatoms. The summed E-state index contributed by atoms with van der Waals surface area (Å²) < 4.78 is 11.9. The largest absolute Gasteiger partial charge is 0.474 e. The number of H-pyrrole nitrogens is 1. The summed E-state index contributed by atoms with van der Waals surface area (Å²) in [4.78, 5) is 30.6. The number of carbonyl (C=O) groups is 1. The minimum Gasteiger partial charge on any atom is -0.474 e. The maximum Gasteiger partial charge on any atom is 0.253 e. The zero-order chi connectivity index (χ0) is 25.9. The van der Waals surface area contributed by atoms with Gasteiger partial charge in [-0.05, 0) is 48.4 Å². The van der Waals surface area contributed by atoms with Crippen LogP contribution in [0, 0.1) is 18.3 Å². The van der Waals surface area contributed by atoms with Gasteiger partial charge in [-0.2, -0.15) is 15.2 Å². The number of anilines is 2. The van der Waals surface area contributed by atoms with Crippen molar-refractivity contribution in [2.45, 2.75) is 25.9 Å². The molecule has 0 aliphatic carbocycles. The number of benzene rings is 1. The van der Waals surface area contributed by atoms with E-state index >= 15 is 0 Å². The maximum atomic E-state index is 12.3. The van der Waals surface area contributed by atoms with Crippen LogP contribution >= 0.6 is 0 Å². The lowest BCUT2D eigenvalue weighted by Gasteiger charge is -2.23. The number of amides is 1. The molecule has 5 rings (SSSR count). The Bertz CT molecular complexity index is 1500. The number of carbonyl (C=O) groups excluding carboxylic acids is 1. The van der Waals surface area contributed by atoms with Crippen LogP contribution in [0.25, 0.3) is 22.2 Å². The summed E-state index contributed by atoms with van der Waals surface area (Å²) in [5.41, 5.74) is 4.84. The first-order chi connectivity index (χ1) is 17.9. The van der Waals surface area contributed by atoms with E-state index in [1.54, 1.807) is 37.3 Å². The number of aromatic nitrogens is 4. The Kier molecular flexibility index (Phi) is 6.70. The predicted octanol–water partition coefficient (Wildman–Crippen LogP) is 4.20. The van der Waals surface area contributed by atoms with Crippen LogP contribution in [-0.4, -0.2) is 64.2 Å². The van der Waals surface area contributed by atoms with E-state index in [1.165, 1.54) is 0 Å². The maximum absolute atomic E-state index is 12.3. The molecule has 4 aromatic rings. The van der Waals surface area contributed by atoms with Gasteiger partial charge in [-0.1, -0.05) is 0 Å². The number of hydrogen-bond acceptors (Lipinski definition) is 8. The minimum atomic E-state index is -0.0611. The SMILES string of the molecule is Cc1cc(C(=O)N(C)C)ccc1Nc1nc(OC2CCOCC2)c2c(-c3ccnc(C#N)c3)c[nH]c2n1. The van der Waals surface area contributed by atoms with Gasteiger partial charge in [0.05, 0.1) is 18.6 Å². The summed E-state index contributed by atoms with van der Waals surface area (Å²) in [6, 6.07) is 11.1. The molecule has 1 amide bonds. The van der Waals surface area contributed by atoms with Crippen LogP contribution in [0.5, 0.6) is 5.88 Å². The number of fused-ring (bicyclic) bond motifs is 1. The van der Waals surface area contributed by atoms with Crippen molar-refractivity contribution in [3.05, 3.63) is 59.5 Å². The number of pyridine rings is 1. The first-order valence-corrected chi connectivity index (χ1v) is 12.0. The zero-order valence-corrected chi connectivity index (χ0v) is 20.9. The lowest BCUT2D eigenvalue weighted by molar-refractivity contribution is 0.0244. The van der Waals surface area contributed by atoms with E-state index in [1.807, 2.05) is 31.3 Å². The van der Waals surface area contributed by atoms with Crippen LogP contribution in [0.15, 0.2) is 42.7 Å². The quantitative estimate of drug-likeness (QED) is 0.405. The number of nitrogens with zero attached hydrogens (tertiary/aromatic N) is 5. The smallest absolute Gasteiger partial charge is 0.253 e. The molecule has 2 N–H and O–H groups in total. The number of ether oxygens (including phenoxy) is 2. The van der Waals surface area contributed by atoms with Crippen LogP contribution in [0.4, 0.5) is 11.6 Å². The average Bonchev–Trinajstić information content (AvgIpc) is 3.34. The molecule has 1 aliphatic rings. The first kappa shape index (κ1) is 24.2. The molecule has 0 radical (unpaired) electrons. The van der Waals surface area contributed by atoms with Gasteiger partial charge in [0.15, 0.2) is 0 Å². The highest BCUT2D eigenvalue weighted by molar-refractivity contribution is 5.98. The molecule has 0 bridgehead atoms. The van der Waals surface area contributed by atoms with E-state index in [-0.39, 0.29) is 12.0 Å². The highest BCUT2D eigenvalue weighted by Gasteiger charge is 2.22. The van der Waals surface area contributed by atoms with Gasteiger partial charge >= 0.3 is 0 Å². The highest BCUT2D eigenvalue weighted by atomic mass is 16.5. The van der Waals surface area contributed by atoms with Gasteiger partial charge in [0.1, 0.15) is 23.5 Å². The summed E-state index contributed by atoms with van der Waals surface area (Å²) in [6.07, 6.45) is 4.94. The van der Waals surface area contributed by atoms with Gasteiger partial charge in [0.25, 0.3) is 5.91 Å². The van der Waals surface area contributed by atoms with E-state index in [0.29, 0.717) is 41.9 Å². The molecule has 0 atom stereocenters. The Morgan fingerprint density at radius 3 is 2.76 bits per heavy atom. The molecule has 3 aromatic heterocycles. The molecular formula is C27H27N7O3. The molecule has 1 saturated heterocycles. The molecule has 1 aliphatic heterocycles. The van der Waals surface area contributed by atoms with Crippen molar-refractivity contribution in [1.82, 2.24) is 24.8 Å². The van der Waals surface area contributed by atoms with Gasteiger partial charge in [-0.3, -0.25) is 4.79 Å². The Hall–Kier alpha value is -4.49. The summed E-state index contributed by atoms with van der Waals surface area (Å²) >= 11 is 0. The summed E-state index contributed by atoms with van der Waals surface area (Å²) in [5.74, 6) is 0.752. The van der Waals surface area contributed by atoms with Crippen LogP contribution in [-0.2, 0) is 4.74 Å². The molecule has 1 aromatic carbocycles. The molecule has 0 saturated carbocycles. The topological polar surface area (TPSA) is 129 Å². The van der Waals surface area contributed by atoms with Crippen molar-refractivity contribution in [1.29, 1.82) is 5.26 Å². The number of aryl methyl sites for hydroxylation is 1. The fourth-order valence-electron chi connectivity index (χ4n) is 4.30. The number of hydrogen-bond donors (Lipinski definition) is 2. The first-order valence-electron chi connectivity index (χ1n) is 12.0. The standard InChI is InChI=1S/C27H27N7O3/c1-16-12-18(26(35)34(2)3)4-5-22(16)31-27-32-24-23(25(33-27)37-20-7-10-36-11-8-20)21(15-30-24)17-6-9-29-19(13-17)14-28/h4-6,9,12-13,15,20H,7-8,10-11H2,1-3H3,(H2,30,31,32,33). The van der Waals surface area contributed by atoms with Crippen molar-refractivity contribution >= 4 is 28.6 Å². The van der Waals surface area contributed by atoms with Crippen molar-refractivity contribution in [2.75, 3.05) is 32.6 Å². The van der Waals surface area contributed by atoms with Crippen LogP contribution in [0.1, 0.15) is 34.5 Å². The average molecular weight is 498 g/mol. The van der Waals surface area contributed by atoms with E-state index < -0.39 is 0 Å². The second kappa shape index (κ2) is 10.2. The van der Waals surface area contributed by atoms with Crippen LogP contribution < -0.4 is 10.1 Å². The molecule has 1 fully saturated rings. The van der Waals surface area contributed by atoms with Gasteiger partial charge < -0.3 is 24.7 Å². The Labute approximate surface area is 214 Å². The lowest BCUT2D eigenvalue weighted by atomic mass is 10.1. The van der Waals surface area contributed by atoms with Crippen LogP contribution in [0.3, 0.4) is 0 Å².